The highest BCUT2D eigenvalue weighted by atomic mass is 16.5. The van der Waals surface area contributed by atoms with Gasteiger partial charge in [0.05, 0.1) is 5.69 Å². The number of benzene rings is 2. The van der Waals surface area contributed by atoms with Crippen LogP contribution in [0.2, 0.25) is 0 Å². The molecule has 33 heavy (non-hydrogen) atoms. The van der Waals surface area contributed by atoms with Crippen molar-refractivity contribution in [1.82, 2.24) is 4.98 Å². The van der Waals surface area contributed by atoms with E-state index in [2.05, 4.69) is 104 Å². The Morgan fingerprint density at radius 1 is 0.727 bits per heavy atom. The van der Waals surface area contributed by atoms with Gasteiger partial charge in [-0.15, -0.1) is 0 Å². The quantitative estimate of drug-likeness (QED) is 0.405. The zero-order valence-electron chi connectivity index (χ0n) is 21.7. The summed E-state index contributed by atoms with van der Waals surface area (Å²) in [5.41, 5.74) is 6.29. The van der Waals surface area contributed by atoms with Gasteiger partial charge in [-0.3, -0.25) is 0 Å². The zero-order valence-corrected chi connectivity index (χ0v) is 21.7. The van der Waals surface area contributed by atoms with E-state index >= 15 is 0 Å². The minimum Gasteiger partial charge on any atom is -0.536 e. The third-order valence-corrected chi connectivity index (χ3v) is 6.40. The molecule has 0 saturated carbocycles. The molecule has 1 aromatic heterocycles. The van der Waals surface area contributed by atoms with Crippen molar-refractivity contribution in [1.29, 1.82) is 0 Å². The van der Waals surface area contributed by atoms with E-state index in [9.17, 15) is 0 Å². The molecule has 0 amide bonds. The second-order valence-corrected chi connectivity index (χ2v) is 12.2. The molecule has 1 aliphatic heterocycles. The molecule has 2 heterocycles. The zero-order chi connectivity index (χ0) is 24.2. The molecule has 4 rings (SSSR count). The standard InChI is InChI=1S/C29H37BN2O/c1-27(2,3)20-18-21(28(4,5)6)26(22(19-20)29(7,8)9)30-32(25-16-12-13-17-31-25)23-14-10-11-15-24(23)33-30/h10-19H,1-9H3. The summed E-state index contributed by atoms with van der Waals surface area (Å²) < 4.78 is 6.74. The van der Waals surface area contributed by atoms with Gasteiger partial charge in [0.25, 0.3) is 0 Å². The third kappa shape index (κ3) is 4.40. The third-order valence-electron chi connectivity index (χ3n) is 6.40. The molecule has 0 fully saturated rings. The molecule has 0 unspecified atom stereocenters. The van der Waals surface area contributed by atoms with Crippen LogP contribution in [-0.2, 0) is 16.2 Å². The minimum atomic E-state index is -0.283. The SMILES string of the molecule is CC(C)(C)c1cc(C(C)(C)C)c(B2Oc3ccccc3N2c2ccccn2)c(C(C)(C)C)c1. The second-order valence-electron chi connectivity index (χ2n) is 12.2. The van der Waals surface area contributed by atoms with Gasteiger partial charge in [0.2, 0.25) is 0 Å². The molecular weight excluding hydrogens is 403 g/mol. The molecule has 0 saturated heterocycles. The van der Waals surface area contributed by atoms with Crippen LogP contribution in [0.3, 0.4) is 0 Å². The normalized spacial score (nSPS) is 14.3. The number of pyridine rings is 1. The molecule has 0 N–H and O–H groups in total. The molecule has 0 aliphatic carbocycles. The summed E-state index contributed by atoms with van der Waals surface area (Å²) in [5, 5.41) is 0. The van der Waals surface area contributed by atoms with E-state index < -0.39 is 0 Å². The van der Waals surface area contributed by atoms with Crippen molar-refractivity contribution in [3.63, 3.8) is 0 Å². The van der Waals surface area contributed by atoms with Gasteiger partial charge in [-0.2, -0.15) is 0 Å². The van der Waals surface area contributed by atoms with Crippen LogP contribution in [0, 0.1) is 0 Å². The summed E-state index contributed by atoms with van der Waals surface area (Å²) in [4.78, 5) is 6.98. The molecule has 2 aromatic carbocycles. The lowest BCUT2D eigenvalue weighted by Gasteiger charge is -2.35. The van der Waals surface area contributed by atoms with Gasteiger partial charge in [-0.05, 0) is 62.7 Å². The average Bonchev–Trinajstić information content (AvgIpc) is 3.10. The van der Waals surface area contributed by atoms with E-state index in [1.165, 1.54) is 22.2 Å². The van der Waals surface area contributed by atoms with Crippen LogP contribution in [0.1, 0.15) is 79.0 Å². The van der Waals surface area contributed by atoms with Crippen molar-refractivity contribution in [3.05, 3.63) is 77.5 Å². The number of hydrogen-bond acceptors (Lipinski definition) is 3. The Morgan fingerprint density at radius 3 is 1.82 bits per heavy atom. The molecule has 4 heteroatoms. The van der Waals surface area contributed by atoms with E-state index in [1.807, 2.05) is 24.4 Å². The first-order chi connectivity index (χ1) is 15.3. The van der Waals surface area contributed by atoms with Gasteiger partial charge >= 0.3 is 7.05 Å². The van der Waals surface area contributed by atoms with Crippen molar-refractivity contribution < 1.29 is 4.65 Å². The maximum atomic E-state index is 6.74. The first-order valence-corrected chi connectivity index (χ1v) is 11.9. The number of anilines is 2. The summed E-state index contributed by atoms with van der Waals surface area (Å²) in [6.45, 7) is 20.7. The highest BCUT2D eigenvalue weighted by Crippen LogP contribution is 2.42. The van der Waals surface area contributed by atoms with Crippen molar-refractivity contribution in [2.45, 2.75) is 78.6 Å². The molecule has 1 aliphatic rings. The first-order valence-electron chi connectivity index (χ1n) is 11.9. The van der Waals surface area contributed by atoms with E-state index in [-0.39, 0.29) is 23.3 Å². The number of nitrogens with zero attached hydrogens (tertiary/aromatic N) is 2. The van der Waals surface area contributed by atoms with Crippen LogP contribution >= 0.6 is 0 Å². The van der Waals surface area contributed by atoms with Crippen molar-refractivity contribution >= 4 is 24.0 Å². The average molecular weight is 440 g/mol. The lowest BCUT2D eigenvalue weighted by Crippen LogP contribution is -2.53. The molecular formula is C29H37BN2O. The molecule has 0 atom stereocenters. The fourth-order valence-corrected chi connectivity index (χ4v) is 4.58. The largest absolute Gasteiger partial charge is 0.536 e. The Labute approximate surface area is 200 Å². The lowest BCUT2D eigenvalue weighted by atomic mass is 9.59. The fraction of sp³-hybridized carbons (Fsp3) is 0.414. The summed E-state index contributed by atoms with van der Waals surface area (Å²) in [6.07, 6.45) is 1.85. The first kappa shape index (κ1) is 23.4. The van der Waals surface area contributed by atoms with E-state index in [4.69, 9.17) is 9.64 Å². The summed E-state index contributed by atoms with van der Waals surface area (Å²) in [6, 6.07) is 19.2. The monoisotopic (exact) mass is 440 g/mol. The number of aromatic nitrogens is 1. The predicted octanol–water partition coefficient (Wildman–Crippen LogP) is 6.90. The Balaban J connectivity index is 2.05. The summed E-state index contributed by atoms with van der Waals surface area (Å²) in [7, 11) is -0.283. The molecule has 0 bridgehead atoms. The Hall–Kier alpha value is -2.75. The summed E-state index contributed by atoms with van der Waals surface area (Å²) in [5.74, 6) is 1.79. The van der Waals surface area contributed by atoms with Gasteiger partial charge in [0.15, 0.2) is 0 Å². The van der Waals surface area contributed by atoms with Crippen LogP contribution in [0.5, 0.6) is 5.75 Å². The Morgan fingerprint density at radius 2 is 1.30 bits per heavy atom. The van der Waals surface area contributed by atoms with Crippen LogP contribution in [0.15, 0.2) is 60.8 Å². The van der Waals surface area contributed by atoms with Crippen LogP contribution in [0.4, 0.5) is 11.5 Å². The van der Waals surface area contributed by atoms with Crippen LogP contribution in [-0.4, -0.2) is 12.0 Å². The lowest BCUT2D eigenvalue weighted by molar-refractivity contribution is 0.547. The molecule has 0 spiro atoms. The predicted molar refractivity (Wildman–Crippen MR) is 141 cm³/mol. The van der Waals surface area contributed by atoms with Gasteiger partial charge in [-0.25, -0.2) is 4.98 Å². The molecule has 0 radical (unpaired) electrons. The molecule has 3 aromatic rings. The topological polar surface area (TPSA) is 25.4 Å². The highest BCUT2D eigenvalue weighted by molar-refractivity contribution is 6.75. The molecule has 3 nitrogen and oxygen atoms in total. The van der Waals surface area contributed by atoms with Gasteiger partial charge < -0.3 is 9.47 Å². The van der Waals surface area contributed by atoms with E-state index in [0.717, 1.165) is 17.3 Å². The van der Waals surface area contributed by atoms with Crippen LogP contribution < -0.4 is 14.9 Å². The van der Waals surface area contributed by atoms with E-state index in [1.54, 1.807) is 0 Å². The van der Waals surface area contributed by atoms with Crippen molar-refractivity contribution in [3.8, 4) is 5.75 Å². The fourth-order valence-electron chi connectivity index (χ4n) is 4.58. The molecule has 172 valence electrons. The number of hydrogen-bond donors (Lipinski definition) is 0. The van der Waals surface area contributed by atoms with Crippen LogP contribution in [0.25, 0.3) is 0 Å². The van der Waals surface area contributed by atoms with Gasteiger partial charge in [0, 0.05) is 6.20 Å². The Bertz CT molecular complexity index is 1120. The van der Waals surface area contributed by atoms with E-state index in [0.29, 0.717) is 0 Å². The minimum absolute atomic E-state index is 0.0511. The number of fused-ring (bicyclic) bond motifs is 1. The maximum absolute atomic E-state index is 6.74. The number of para-hydroxylation sites is 2. The van der Waals surface area contributed by atoms with Gasteiger partial charge in [0.1, 0.15) is 11.6 Å². The smallest absolute Gasteiger partial charge is 0.526 e. The Kier molecular flexibility index (Phi) is 5.63. The van der Waals surface area contributed by atoms with Crippen molar-refractivity contribution in [2.24, 2.45) is 0 Å². The van der Waals surface area contributed by atoms with Gasteiger partial charge in [-0.1, -0.05) is 92.6 Å². The maximum Gasteiger partial charge on any atom is 0.526 e. The second kappa shape index (κ2) is 7.93. The highest BCUT2D eigenvalue weighted by Gasteiger charge is 2.45. The number of rotatable bonds is 2. The summed E-state index contributed by atoms with van der Waals surface area (Å²) >= 11 is 0. The van der Waals surface area contributed by atoms with Crippen molar-refractivity contribution in [2.75, 3.05) is 4.81 Å².